The highest BCUT2D eigenvalue weighted by Gasteiger charge is 2.19. The number of hydrogen-bond donors (Lipinski definition) is 2. The molecule has 3 nitrogen and oxygen atoms in total. The molecule has 0 spiro atoms. The zero-order chi connectivity index (χ0) is 14.9. The van der Waals surface area contributed by atoms with Gasteiger partial charge in [0.1, 0.15) is 0 Å². The summed E-state index contributed by atoms with van der Waals surface area (Å²) >= 11 is 0. The van der Waals surface area contributed by atoms with Crippen molar-refractivity contribution in [1.29, 1.82) is 0 Å². The van der Waals surface area contributed by atoms with Gasteiger partial charge in [0, 0.05) is 31.6 Å². The molecule has 0 aromatic carbocycles. The Labute approximate surface area is 129 Å². The molecule has 1 heterocycles. The van der Waals surface area contributed by atoms with Crippen LogP contribution in [0.4, 0.5) is 0 Å². The monoisotopic (exact) mass is 292 g/mol. The predicted molar refractivity (Wildman–Crippen MR) is 88.6 cm³/mol. The van der Waals surface area contributed by atoms with E-state index in [4.69, 9.17) is 5.11 Å². The van der Waals surface area contributed by atoms with Crippen molar-refractivity contribution in [2.24, 2.45) is 0 Å². The number of aliphatic hydroxyl groups excluding tert-OH is 1. The van der Waals surface area contributed by atoms with E-state index >= 15 is 0 Å². The number of aromatic nitrogens is 1. The molecular weight excluding hydrogens is 260 g/mol. The lowest BCUT2D eigenvalue weighted by Gasteiger charge is -2.16. The van der Waals surface area contributed by atoms with Crippen molar-refractivity contribution in [3.63, 3.8) is 0 Å². The van der Waals surface area contributed by atoms with Crippen LogP contribution in [0.5, 0.6) is 0 Å². The predicted octanol–water partition coefficient (Wildman–Crippen LogP) is 3.81. The summed E-state index contributed by atoms with van der Waals surface area (Å²) < 4.78 is 2.40. The average Bonchev–Trinajstić information content (AvgIpc) is 2.80. The molecular formula is C18H32N2O. The normalized spacial score (nSPS) is 18.5. The standard InChI is InChI=1S/C18H32N2O/c1-2-11-19-18-10-6-5-9-16-14-20(15-17(16)18)12-7-3-4-8-13-21/h14-15,18-19,21H,2-13H2,1H3. The lowest BCUT2D eigenvalue weighted by atomic mass is 10.0. The Morgan fingerprint density at radius 2 is 2.05 bits per heavy atom. The van der Waals surface area contributed by atoms with E-state index in [-0.39, 0.29) is 0 Å². The molecule has 2 rings (SSSR count). The minimum atomic E-state index is 0.336. The lowest BCUT2D eigenvalue weighted by Crippen LogP contribution is -2.21. The van der Waals surface area contributed by atoms with Gasteiger partial charge in [0.25, 0.3) is 0 Å². The quantitative estimate of drug-likeness (QED) is 0.536. The molecule has 3 heteroatoms. The SMILES string of the molecule is CCCNC1CCCCc2cn(CCCCCCO)cc21. The van der Waals surface area contributed by atoms with E-state index in [1.165, 1.54) is 44.9 Å². The van der Waals surface area contributed by atoms with Crippen molar-refractivity contribution >= 4 is 0 Å². The molecule has 1 atom stereocenters. The topological polar surface area (TPSA) is 37.2 Å². The molecule has 1 aromatic heterocycles. The highest BCUT2D eigenvalue weighted by molar-refractivity contribution is 5.29. The van der Waals surface area contributed by atoms with Gasteiger partial charge in [-0.15, -0.1) is 0 Å². The molecule has 0 saturated carbocycles. The molecule has 1 aliphatic rings. The van der Waals surface area contributed by atoms with Gasteiger partial charge in [-0.3, -0.25) is 0 Å². The van der Waals surface area contributed by atoms with Crippen molar-refractivity contribution in [2.75, 3.05) is 13.2 Å². The van der Waals surface area contributed by atoms with E-state index in [1.54, 1.807) is 11.1 Å². The van der Waals surface area contributed by atoms with Crippen LogP contribution in [-0.4, -0.2) is 22.8 Å². The Morgan fingerprint density at radius 1 is 1.19 bits per heavy atom. The molecule has 0 fully saturated rings. The van der Waals surface area contributed by atoms with Crippen molar-refractivity contribution in [2.45, 2.75) is 77.3 Å². The Morgan fingerprint density at radius 3 is 2.86 bits per heavy atom. The molecule has 1 aromatic rings. The van der Waals surface area contributed by atoms with E-state index < -0.39 is 0 Å². The van der Waals surface area contributed by atoms with Gasteiger partial charge in [-0.1, -0.05) is 26.2 Å². The zero-order valence-corrected chi connectivity index (χ0v) is 13.6. The molecule has 0 radical (unpaired) electrons. The maximum atomic E-state index is 8.81. The molecule has 1 aliphatic carbocycles. The summed E-state index contributed by atoms with van der Waals surface area (Å²) in [7, 11) is 0. The molecule has 0 saturated heterocycles. The first-order chi connectivity index (χ1) is 10.3. The fourth-order valence-corrected chi connectivity index (χ4v) is 3.34. The average molecular weight is 292 g/mol. The van der Waals surface area contributed by atoms with Gasteiger partial charge in [-0.2, -0.15) is 0 Å². The van der Waals surface area contributed by atoms with Crippen LogP contribution in [0.15, 0.2) is 12.4 Å². The molecule has 21 heavy (non-hydrogen) atoms. The Balaban J connectivity index is 1.90. The summed E-state index contributed by atoms with van der Waals surface area (Å²) in [5, 5.41) is 12.5. The second kappa shape index (κ2) is 9.26. The van der Waals surface area contributed by atoms with Crippen LogP contribution < -0.4 is 5.32 Å². The maximum absolute atomic E-state index is 8.81. The van der Waals surface area contributed by atoms with Crippen molar-refractivity contribution < 1.29 is 5.11 Å². The molecule has 2 N–H and O–H groups in total. The van der Waals surface area contributed by atoms with Crippen LogP contribution in [0.1, 0.15) is 75.5 Å². The van der Waals surface area contributed by atoms with Crippen molar-refractivity contribution in [3.05, 3.63) is 23.5 Å². The molecule has 0 amide bonds. The van der Waals surface area contributed by atoms with E-state index in [9.17, 15) is 0 Å². The van der Waals surface area contributed by atoms with Crippen LogP contribution in [0, 0.1) is 0 Å². The number of nitrogens with one attached hydrogen (secondary N) is 1. The molecule has 0 aliphatic heterocycles. The Hall–Kier alpha value is -0.800. The van der Waals surface area contributed by atoms with Crippen LogP contribution in [0.3, 0.4) is 0 Å². The smallest absolute Gasteiger partial charge is 0.0431 e. The van der Waals surface area contributed by atoms with E-state index in [0.717, 1.165) is 25.9 Å². The Bertz CT molecular complexity index is 400. The molecule has 0 bridgehead atoms. The van der Waals surface area contributed by atoms with Gasteiger partial charge in [-0.25, -0.2) is 0 Å². The number of unbranched alkanes of at least 4 members (excludes halogenated alkanes) is 3. The van der Waals surface area contributed by atoms with Crippen LogP contribution in [0.2, 0.25) is 0 Å². The van der Waals surface area contributed by atoms with Gasteiger partial charge < -0.3 is 15.0 Å². The number of rotatable bonds is 9. The first kappa shape index (κ1) is 16.6. The van der Waals surface area contributed by atoms with E-state index in [0.29, 0.717) is 12.6 Å². The number of fused-ring (bicyclic) bond motifs is 1. The fraction of sp³-hybridized carbons (Fsp3) is 0.778. The highest BCUT2D eigenvalue weighted by Crippen LogP contribution is 2.29. The Kier molecular flexibility index (Phi) is 7.31. The van der Waals surface area contributed by atoms with Gasteiger partial charge in [0.05, 0.1) is 0 Å². The van der Waals surface area contributed by atoms with Crippen LogP contribution in [-0.2, 0) is 13.0 Å². The van der Waals surface area contributed by atoms with Gasteiger partial charge >= 0.3 is 0 Å². The van der Waals surface area contributed by atoms with Gasteiger partial charge in [0.15, 0.2) is 0 Å². The first-order valence-corrected chi connectivity index (χ1v) is 8.88. The number of hydrogen-bond acceptors (Lipinski definition) is 2. The second-order valence-corrected chi connectivity index (χ2v) is 6.37. The van der Waals surface area contributed by atoms with Crippen LogP contribution >= 0.6 is 0 Å². The van der Waals surface area contributed by atoms with Gasteiger partial charge in [-0.05, 0) is 56.2 Å². The van der Waals surface area contributed by atoms with E-state index in [2.05, 4.69) is 29.2 Å². The molecule has 120 valence electrons. The van der Waals surface area contributed by atoms with Crippen molar-refractivity contribution in [1.82, 2.24) is 9.88 Å². The zero-order valence-electron chi connectivity index (χ0n) is 13.6. The lowest BCUT2D eigenvalue weighted by molar-refractivity contribution is 0.282. The summed E-state index contributed by atoms with van der Waals surface area (Å²) in [6.07, 6.45) is 15.7. The fourth-order valence-electron chi connectivity index (χ4n) is 3.34. The minimum Gasteiger partial charge on any atom is -0.396 e. The summed E-state index contributed by atoms with van der Waals surface area (Å²) in [5.74, 6) is 0. The third kappa shape index (κ3) is 5.15. The highest BCUT2D eigenvalue weighted by atomic mass is 16.2. The maximum Gasteiger partial charge on any atom is 0.0431 e. The summed E-state index contributed by atoms with van der Waals surface area (Å²) in [5.41, 5.74) is 3.12. The first-order valence-electron chi connectivity index (χ1n) is 8.88. The number of aliphatic hydroxyl groups is 1. The third-order valence-corrected chi connectivity index (χ3v) is 4.53. The number of aryl methyl sites for hydroxylation is 2. The summed E-state index contributed by atoms with van der Waals surface area (Å²) in [4.78, 5) is 0. The summed E-state index contributed by atoms with van der Waals surface area (Å²) in [6.45, 7) is 4.82. The van der Waals surface area contributed by atoms with Crippen LogP contribution in [0.25, 0.3) is 0 Å². The summed E-state index contributed by atoms with van der Waals surface area (Å²) in [6, 6.07) is 0.568. The largest absolute Gasteiger partial charge is 0.396 e. The van der Waals surface area contributed by atoms with E-state index in [1.807, 2.05) is 0 Å². The number of nitrogens with zero attached hydrogens (tertiary/aromatic N) is 1. The van der Waals surface area contributed by atoms with Gasteiger partial charge in [0.2, 0.25) is 0 Å². The van der Waals surface area contributed by atoms with Crippen molar-refractivity contribution in [3.8, 4) is 0 Å². The minimum absolute atomic E-state index is 0.336. The second-order valence-electron chi connectivity index (χ2n) is 6.37. The molecule has 1 unspecified atom stereocenters. The third-order valence-electron chi connectivity index (χ3n) is 4.53.